The van der Waals surface area contributed by atoms with Crippen LogP contribution < -0.4 is 15.5 Å². The van der Waals surface area contributed by atoms with Gasteiger partial charge in [-0.1, -0.05) is 25.7 Å². The van der Waals surface area contributed by atoms with E-state index in [9.17, 15) is 0 Å². The minimum absolute atomic E-state index is 0.501. The standard InChI is InChI=1S/C21H31N5/c1-3-26(4-2)19-13-11-18(12-14-19)23-20-15-16-22-21(25-20)24-17-9-7-5-6-8-10-17/h11-17H,3-10H2,1-2H3,(H2,22,23,24,25). The second-order valence-electron chi connectivity index (χ2n) is 6.94. The molecule has 0 bridgehead atoms. The molecule has 1 aromatic carbocycles. The highest BCUT2D eigenvalue weighted by molar-refractivity contribution is 5.61. The molecule has 5 nitrogen and oxygen atoms in total. The fourth-order valence-corrected chi connectivity index (χ4v) is 3.60. The molecule has 2 aromatic rings. The number of aromatic nitrogens is 2. The second-order valence-corrected chi connectivity index (χ2v) is 6.94. The van der Waals surface area contributed by atoms with Gasteiger partial charge >= 0.3 is 0 Å². The zero-order valence-electron chi connectivity index (χ0n) is 16.0. The van der Waals surface area contributed by atoms with E-state index in [0.717, 1.165) is 30.5 Å². The van der Waals surface area contributed by atoms with Crippen molar-refractivity contribution >= 4 is 23.1 Å². The Morgan fingerprint density at radius 1 is 0.962 bits per heavy atom. The molecule has 0 atom stereocenters. The molecule has 1 aromatic heterocycles. The molecule has 0 saturated heterocycles. The molecule has 140 valence electrons. The van der Waals surface area contributed by atoms with Crippen LogP contribution in [0.1, 0.15) is 52.4 Å². The third-order valence-electron chi connectivity index (χ3n) is 5.11. The first-order valence-corrected chi connectivity index (χ1v) is 10.00. The fourth-order valence-electron chi connectivity index (χ4n) is 3.60. The van der Waals surface area contributed by atoms with Crippen molar-refractivity contribution in [3.05, 3.63) is 36.5 Å². The van der Waals surface area contributed by atoms with Crippen LogP contribution in [-0.4, -0.2) is 29.1 Å². The van der Waals surface area contributed by atoms with Crippen LogP contribution in [0.2, 0.25) is 0 Å². The number of nitrogens with zero attached hydrogens (tertiary/aromatic N) is 3. The van der Waals surface area contributed by atoms with Crippen molar-refractivity contribution in [2.45, 2.75) is 58.4 Å². The quantitative estimate of drug-likeness (QED) is 0.670. The Morgan fingerprint density at radius 3 is 2.31 bits per heavy atom. The molecule has 0 spiro atoms. The molecule has 0 unspecified atom stereocenters. The van der Waals surface area contributed by atoms with Crippen molar-refractivity contribution in [2.24, 2.45) is 0 Å². The third kappa shape index (κ3) is 5.10. The van der Waals surface area contributed by atoms with Gasteiger partial charge in [0.1, 0.15) is 5.82 Å². The van der Waals surface area contributed by atoms with Gasteiger partial charge in [0, 0.05) is 36.7 Å². The number of nitrogens with one attached hydrogen (secondary N) is 2. The van der Waals surface area contributed by atoms with E-state index in [0.29, 0.717) is 6.04 Å². The summed E-state index contributed by atoms with van der Waals surface area (Å²) >= 11 is 0. The van der Waals surface area contributed by atoms with Crippen LogP contribution in [0, 0.1) is 0 Å². The second kappa shape index (κ2) is 9.41. The number of hydrogen-bond donors (Lipinski definition) is 2. The van der Waals surface area contributed by atoms with Gasteiger partial charge < -0.3 is 15.5 Å². The third-order valence-corrected chi connectivity index (χ3v) is 5.11. The van der Waals surface area contributed by atoms with Crippen LogP contribution in [-0.2, 0) is 0 Å². The van der Waals surface area contributed by atoms with Gasteiger partial charge in [0.05, 0.1) is 0 Å². The van der Waals surface area contributed by atoms with Crippen LogP contribution in [0.25, 0.3) is 0 Å². The maximum Gasteiger partial charge on any atom is 0.224 e. The Labute approximate surface area is 157 Å². The summed E-state index contributed by atoms with van der Waals surface area (Å²) < 4.78 is 0. The summed E-state index contributed by atoms with van der Waals surface area (Å²) in [5.74, 6) is 1.55. The predicted octanol–water partition coefficient (Wildman–Crippen LogP) is 5.20. The van der Waals surface area contributed by atoms with E-state index in [1.54, 1.807) is 0 Å². The Balaban J connectivity index is 1.62. The highest BCUT2D eigenvalue weighted by Gasteiger charge is 2.13. The van der Waals surface area contributed by atoms with Crippen molar-refractivity contribution < 1.29 is 0 Å². The molecule has 5 heteroatoms. The Bertz CT molecular complexity index is 658. The lowest BCUT2D eigenvalue weighted by Gasteiger charge is -2.21. The number of benzene rings is 1. The van der Waals surface area contributed by atoms with E-state index in [2.05, 4.69) is 63.6 Å². The van der Waals surface area contributed by atoms with Crippen LogP contribution in [0.4, 0.5) is 23.1 Å². The highest BCUT2D eigenvalue weighted by atomic mass is 15.2. The molecule has 1 fully saturated rings. The summed E-state index contributed by atoms with van der Waals surface area (Å²) in [5, 5.41) is 6.90. The topological polar surface area (TPSA) is 53.1 Å². The van der Waals surface area contributed by atoms with Gasteiger partial charge in [0.25, 0.3) is 0 Å². The molecule has 3 rings (SSSR count). The first-order chi connectivity index (χ1) is 12.8. The SMILES string of the molecule is CCN(CC)c1ccc(Nc2ccnc(NC3CCCCCC3)n2)cc1. The lowest BCUT2D eigenvalue weighted by molar-refractivity contribution is 0.615. The smallest absolute Gasteiger partial charge is 0.224 e. The van der Waals surface area contributed by atoms with Crippen LogP contribution >= 0.6 is 0 Å². The van der Waals surface area contributed by atoms with Gasteiger partial charge in [-0.15, -0.1) is 0 Å². The lowest BCUT2D eigenvalue weighted by atomic mass is 10.1. The summed E-state index contributed by atoms with van der Waals surface area (Å²) in [4.78, 5) is 11.4. The monoisotopic (exact) mass is 353 g/mol. The summed E-state index contributed by atoms with van der Waals surface area (Å²) in [6.45, 7) is 6.40. The maximum absolute atomic E-state index is 4.64. The zero-order valence-corrected chi connectivity index (χ0v) is 16.0. The molecule has 0 aliphatic heterocycles. The minimum Gasteiger partial charge on any atom is -0.372 e. The maximum atomic E-state index is 4.64. The Kier molecular flexibility index (Phi) is 6.69. The molecular formula is C21H31N5. The van der Waals surface area contributed by atoms with E-state index < -0.39 is 0 Å². The van der Waals surface area contributed by atoms with Gasteiger partial charge in [0.15, 0.2) is 0 Å². The van der Waals surface area contributed by atoms with Crippen LogP contribution in [0.15, 0.2) is 36.5 Å². The Morgan fingerprint density at radius 2 is 1.65 bits per heavy atom. The highest BCUT2D eigenvalue weighted by Crippen LogP contribution is 2.22. The fraction of sp³-hybridized carbons (Fsp3) is 0.524. The number of hydrogen-bond acceptors (Lipinski definition) is 5. The van der Waals surface area contributed by atoms with Crippen molar-refractivity contribution in [3.63, 3.8) is 0 Å². The molecule has 0 amide bonds. The van der Waals surface area contributed by atoms with Gasteiger partial charge in [-0.3, -0.25) is 0 Å². The van der Waals surface area contributed by atoms with Gasteiger partial charge in [0.2, 0.25) is 5.95 Å². The van der Waals surface area contributed by atoms with Crippen molar-refractivity contribution in [3.8, 4) is 0 Å². The molecule has 1 aliphatic carbocycles. The Hall–Kier alpha value is -2.30. The summed E-state index contributed by atoms with van der Waals surface area (Å²) in [6, 6.07) is 10.9. The van der Waals surface area contributed by atoms with Crippen molar-refractivity contribution in [1.29, 1.82) is 0 Å². The molecular weight excluding hydrogens is 322 g/mol. The molecule has 26 heavy (non-hydrogen) atoms. The van der Waals surface area contributed by atoms with Crippen LogP contribution in [0.3, 0.4) is 0 Å². The molecule has 1 heterocycles. The average Bonchev–Trinajstić information content (AvgIpc) is 2.93. The molecule has 2 N–H and O–H groups in total. The molecule has 0 radical (unpaired) electrons. The molecule has 1 saturated carbocycles. The first kappa shape index (κ1) is 18.5. The largest absolute Gasteiger partial charge is 0.372 e. The number of anilines is 4. The van der Waals surface area contributed by atoms with Gasteiger partial charge in [-0.05, 0) is 57.0 Å². The van der Waals surface area contributed by atoms with E-state index >= 15 is 0 Å². The zero-order chi connectivity index (χ0) is 18.2. The predicted molar refractivity (Wildman–Crippen MR) is 110 cm³/mol. The number of rotatable bonds is 7. The normalized spacial score (nSPS) is 15.3. The minimum atomic E-state index is 0.501. The van der Waals surface area contributed by atoms with Crippen LogP contribution in [0.5, 0.6) is 0 Å². The first-order valence-electron chi connectivity index (χ1n) is 10.00. The molecule has 1 aliphatic rings. The van der Waals surface area contributed by atoms with E-state index in [1.807, 2.05) is 12.3 Å². The van der Waals surface area contributed by atoms with Crippen molar-refractivity contribution in [2.75, 3.05) is 28.6 Å². The summed E-state index contributed by atoms with van der Waals surface area (Å²) in [7, 11) is 0. The van der Waals surface area contributed by atoms with E-state index in [1.165, 1.54) is 44.2 Å². The van der Waals surface area contributed by atoms with Gasteiger partial charge in [-0.25, -0.2) is 4.98 Å². The van der Waals surface area contributed by atoms with E-state index in [-0.39, 0.29) is 0 Å². The average molecular weight is 354 g/mol. The lowest BCUT2D eigenvalue weighted by Crippen LogP contribution is -2.21. The summed E-state index contributed by atoms with van der Waals surface area (Å²) in [6.07, 6.45) is 9.55. The van der Waals surface area contributed by atoms with E-state index in [4.69, 9.17) is 0 Å². The van der Waals surface area contributed by atoms with Crippen molar-refractivity contribution in [1.82, 2.24) is 9.97 Å². The summed E-state index contributed by atoms with van der Waals surface area (Å²) in [5.41, 5.74) is 2.29. The van der Waals surface area contributed by atoms with Gasteiger partial charge in [-0.2, -0.15) is 4.98 Å².